The van der Waals surface area contributed by atoms with Crippen molar-refractivity contribution >= 4 is 23.2 Å². The standard InChI is InChI=1S/C27H28N2O2/c1-3-26(30)29(22-14-8-5-9-15-22)25-18-20(2)28(24-17-11-10-16-23(24)25)27(31)19-21-12-6-4-7-13-21/h4-17,20,25H,3,18-19H2,1-2H3/t20-,25-/m1/s1. The first kappa shape index (κ1) is 20.9. The van der Waals surface area contributed by atoms with Gasteiger partial charge in [0.05, 0.1) is 12.5 Å². The van der Waals surface area contributed by atoms with E-state index in [9.17, 15) is 9.59 Å². The highest BCUT2D eigenvalue weighted by molar-refractivity contribution is 5.98. The molecule has 2 atom stereocenters. The Labute approximate surface area is 184 Å². The minimum atomic E-state index is -0.109. The van der Waals surface area contributed by atoms with Crippen molar-refractivity contribution in [3.8, 4) is 0 Å². The van der Waals surface area contributed by atoms with E-state index in [0.717, 1.165) is 22.5 Å². The van der Waals surface area contributed by atoms with E-state index in [1.54, 1.807) is 0 Å². The molecule has 1 heterocycles. The Bertz CT molecular complexity index is 1050. The van der Waals surface area contributed by atoms with Gasteiger partial charge in [-0.1, -0.05) is 73.7 Å². The van der Waals surface area contributed by atoms with E-state index in [1.807, 2.05) is 102 Å². The summed E-state index contributed by atoms with van der Waals surface area (Å²) in [5.41, 5.74) is 3.82. The first-order chi connectivity index (χ1) is 15.1. The number of para-hydroxylation sites is 2. The second kappa shape index (κ2) is 9.17. The summed E-state index contributed by atoms with van der Waals surface area (Å²) < 4.78 is 0. The fraction of sp³-hybridized carbons (Fsp3) is 0.259. The van der Waals surface area contributed by atoms with E-state index in [4.69, 9.17) is 0 Å². The van der Waals surface area contributed by atoms with Crippen LogP contribution in [0.1, 0.15) is 43.9 Å². The third-order valence-corrected chi connectivity index (χ3v) is 5.94. The van der Waals surface area contributed by atoms with Crippen LogP contribution in [0, 0.1) is 0 Å². The van der Waals surface area contributed by atoms with Crippen molar-refractivity contribution in [1.29, 1.82) is 0 Å². The number of fused-ring (bicyclic) bond motifs is 1. The van der Waals surface area contributed by atoms with E-state index in [1.165, 1.54) is 0 Å². The van der Waals surface area contributed by atoms with Crippen molar-refractivity contribution in [3.63, 3.8) is 0 Å². The Morgan fingerprint density at radius 2 is 1.52 bits per heavy atom. The van der Waals surface area contributed by atoms with Gasteiger partial charge >= 0.3 is 0 Å². The minimum Gasteiger partial charge on any atom is -0.309 e. The van der Waals surface area contributed by atoms with E-state index >= 15 is 0 Å². The summed E-state index contributed by atoms with van der Waals surface area (Å²) in [5, 5.41) is 0. The van der Waals surface area contributed by atoms with Gasteiger partial charge in [-0.15, -0.1) is 0 Å². The van der Waals surface area contributed by atoms with Crippen LogP contribution in [0.5, 0.6) is 0 Å². The maximum atomic E-state index is 13.3. The van der Waals surface area contributed by atoms with Gasteiger partial charge in [-0.05, 0) is 42.7 Å². The predicted molar refractivity (Wildman–Crippen MR) is 125 cm³/mol. The lowest BCUT2D eigenvalue weighted by molar-refractivity contribution is -0.118. The van der Waals surface area contributed by atoms with E-state index in [2.05, 4.69) is 6.92 Å². The Morgan fingerprint density at radius 3 is 2.19 bits per heavy atom. The number of rotatable bonds is 5. The van der Waals surface area contributed by atoms with Crippen molar-refractivity contribution in [1.82, 2.24) is 0 Å². The number of amides is 2. The van der Waals surface area contributed by atoms with Crippen LogP contribution in [0.4, 0.5) is 11.4 Å². The largest absolute Gasteiger partial charge is 0.309 e. The molecule has 0 radical (unpaired) electrons. The molecule has 2 amide bonds. The highest BCUT2D eigenvalue weighted by atomic mass is 16.2. The number of hydrogen-bond donors (Lipinski definition) is 0. The van der Waals surface area contributed by atoms with E-state index in [0.29, 0.717) is 19.3 Å². The third kappa shape index (κ3) is 4.24. The number of hydrogen-bond acceptors (Lipinski definition) is 2. The van der Waals surface area contributed by atoms with E-state index in [-0.39, 0.29) is 23.9 Å². The van der Waals surface area contributed by atoms with Crippen LogP contribution in [0.15, 0.2) is 84.9 Å². The molecule has 0 aliphatic carbocycles. The maximum absolute atomic E-state index is 13.3. The average Bonchev–Trinajstić information content (AvgIpc) is 2.80. The highest BCUT2D eigenvalue weighted by Crippen LogP contribution is 2.42. The molecule has 31 heavy (non-hydrogen) atoms. The van der Waals surface area contributed by atoms with Crippen LogP contribution in [-0.2, 0) is 16.0 Å². The summed E-state index contributed by atoms with van der Waals surface area (Å²) >= 11 is 0. The maximum Gasteiger partial charge on any atom is 0.231 e. The molecular weight excluding hydrogens is 384 g/mol. The first-order valence-electron chi connectivity index (χ1n) is 10.9. The van der Waals surface area contributed by atoms with Crippen molar-refractivity contribution < 1.29 is 9.59 Å². The van der Waals surface area contributed by atoms with Gasteiger partial charge in [0.25, 0.3) is 0 Å². The summed E-state index contributed by atoms with van der Waals surface area (Å²) in [7, 11) is 0. The van der Waals surface area contributed by atoms with Crippen molar-refractivity contribution in [2.24, 2.45) is 0 Å². The molecule has 0 aromatic heterocycles. The van der Waals surface area contributed by atoms with Crippen LogP contribution < -0.4 is 9.80 Å². The van der Waals surface area contributed by atoms with Crippen LogP contribution in [0.25, 0.3) is 0 Å². The Kier molecular flexibility index (Phi) is 6.17. The lowest BCUT2D eigenvalue weighted by Crippen LogP contribution is -2.48. The molecule has 0 spiro atoms. The van der Waals surface area contributed by atoms with Crippen LogP contribution in [0.3, 0.4) is 0 Å². The SMILES string of the molecule is CCC(=O)N(c1ccccc1)[C@@H]1C[C@@H](C)N(C(=O)Cc2ccccc2)c2ccccc21. The lowest BCUT2D eigenvalue weighted by atomic mass is 9.89. The molecule has 1 aliphatic heterocycles. The zero-order valence-corrected chi connectivity index (χ0v) is 18.1. The summed E-state index contributed by atoms with van der Waals surface area (Å²) in [6.45, 7) is 3.97. The third-order valence-electron chi connectivity index (χ3n) is 5.94. The van der Waals surface area contributed by atoms with Gasteiger partial charge in [-0.25, -0.2) is 0 Å². The molecule has 1 aliphatic rings. The molecular formula is C27H28N2O2. The Morgan fingerprint density at radius 1 is 0.903 bits per heavy atom. The van der Waals surface area contributed by atoms with Crippen LogP contribution in [0.2, 0.25) is 0 Å². The van der Waals surface area contributed by atoms with E-state index < -0.39 is 0 Å². The van der Waals surface area contributed by atoms with Gasteiger partial charge in [-0.2, -0.15) is 0 Å². The molecule has 4 nitrogen and oxygen atoms in total. The van der Waals surface area contributed by atoms with Gasteiger partial charge in [0.2, 0.25) is 11.8 Å². The minimum absolute atomic E-state index is 0.0213. The molecule has 3 aromatic carbocycles. The zero-order valence-electron chi connectivity index (χ0n) is 18.1. The normalized spacial score (nSPS) is 17.7. The summed E-state index contributed by atoms with van der Waals surface area (Å²) in [4.78, 5) is 30.2. The smallest absolute Gasteiger partial charge is 0.231 e. The number of carbonyl (C=O) groups is 2. The topological polar surface area (TPSA) is 40.6 Å². The summed E-state index contributed by atoms with van der Waals surface area (Å²) in [6.07, 6.45) is 1.48. The van der Waals surface area contributed by atoms with Crippen molar-refractivity contribution in [2.45, 2.75) is 45.2 Å². The highest BCUT2D eigenvalue weighted by Gasteiger charge is 2.38. The number of carbonyl (C=O) groups excluding carboxylic acids is 2. The van der Waals surface area contributed by atoms with Crippen molar-refractivity contribution in [2.75, 3.05) is 9.80 Å². The fourth-order valence-electron chi connectivity index (χ4n) is 4.52. The van der Waals surface area contributed by atoms with Crippen molar-refractivity contribution in [3.05, 3.63) is 96.1 Å². The fourth-order valence-corrected chi connectivity index (χ4v) is 4.52. The number of anilines is 2. The van der Waals surface area contributed by atoms with Gasteiger partial charge in [0.1, 0.15) is 0 Å². The molecule has 0 fully saturated rings. The Balaban J connectivity index is 1.72. The zero-order chi connectivity index (χ0) is 21.8. The second-order valence-electron chi connectivity index (χ2n) is 8.04. The van der Waals surface area contributed by atoms with Crippen LogP contribution >= 0.6 is 0 Å². The van der Waals surface area contributed by atoms with Crippen LogP contribution in [-0.4, -0.2) is 17.9 Å². The van der Waals surface area contributed by atoms with Gasteiger partial charge in [0, 0.05) is 23.8 Å². The molecule has 158 valence electrons. The van der Waals surface area contributed by atoms with Gasteiger partial charge in [-0.3, -0.25) is 9.59 Å². The average molecular weight is 413 g/mol. The Hall–Kier alpha value is -3.40. The molecule has 0 saturated heterocycles. The number of nitrogens with zero attached hydrogens (tertiary/aromatic N) is 2. The first-order valence-corrected chi connectivity index (χ1v) is 10.9. The van der Waals surface area contributed by atoms with Gasteiger partial charge in [0.15, 0.2) is 0 Å². The second-order valence-corrected chi connectivity index (χ2v) is 8.04. The molecule has 0 bridgehead atoms. The summed E-state index contributed by atoms with van der Waals surface area (Å²) in [6, 6.07) is 27.5. The number of benzene rings is 3. The molecule has 0 unspecified atom stereocenters. The summed E-state index contributed by atoms with van der Waals surface area (Å²) in [5.74, 6) is 0.167. The molecule has 4 rings (SSSR count). The molecule has 0 saturated carbocycles. The molecule has 3 aromatic rings. The molecule has 4 heteroatoms. The lowest BCUT2D eigenvalue weighted by Gasteiger charge is -2.43. The molecule has 0 N–H and O–H groups in total. The monoisotopic (exact) mass is 412 g/mol. The predicted octanol–water partition coefficient (Wildman–Crippen LogP) is 5.54. The quantitative estimate of drug-likeness (QED) is 0.552. The van der Waals surface area contributed by atoms with Gasteiger partial charge < -0.3 is 9.80 Å².